The smallest absolute Gasteiger partial charge is 0.325 e. The molecule has 3 rings (SSSR count). The Morgan fingerprint density at radius 1 is 1.22 bits per heavy atom. The number of imide groups is 1. The van der Waals surface area contributed by atoms with Crippen molar-refractivity contribution in [3.63, 3.8) is 0 Å². The van der Waals surface area contributed by atoms with E-state index in [9.17, 15) is 19.6 Å². The Hall–Kier alpha value is -2.88. The van der Waals surface area contributed by atoms with Crippen LogP contribution in [0.3, 0.4) is 0 Å². The Morgan fingerprint density at radius 2 is 1.85 bits per heavy atom. The normalized spacial score (nSPS) is 24.3. The second-order valence-electron chi connectivity index (χ2n) is 7.47. The highest BCUT2D eigenvalue weighted by Gasteiger charge is 2.50. The van der Waals surface area contributed by atoms with Gasteiger partial charge in [0, 0.05) is 7.05 Å². The molecule has 7 nitrogen and oxygen atoms in total. The number of urea groups is 1. The fourth-order valence-corrected chi connectivity index (χ4v) is 3.95. The summed E-state index contributed by atoms with van der Waals surface area (Å²) in [4.78, 5) is 40.5. The third kappa shape index (κ3) is 3.16. The molecule has 1 heterocycles. The zero-order valence-corrected chi connectivity index (χ0v) is 15.7. The van der Waals surface area contributed by atoms with E-state index in [0.29, 0.717) is 18.4 Å². The topological polar surface area (TPSA) is 93.5 Å². The maximum Gasteiger partial charge on any atom is 0.325 e. The molecule has 0 bridgehead atoms. The van der Waals surface area contributed by atoms with Crippen LogP contribution in [0.4, 0.5) is 4.79 Å². The highest BCUT2D eigenvalue weighted by atomic mass is 16.2. The summed E-state index contributed by atoms with van der Waals surface area (Å²) in [7, 11) is 1.59. The van der Waals surface area contributed by atoms with E-state index in [1.54, 1.807) is 38.2 Å². The Labute approximate surface area is 158 Å². The Kier molecular flexibility index (Phi) is 4.92. The van der Waals surface area contributed by atoms with Crippen LogP contribution in [0, 0.1) is 11.3 Å². The minimum Gasteiger partial charge on any atom is -0.325 e. The lowest BCUT2D eigenvalue weighted by Gasteiger charge is -2.39. The number of benzene rings is 1. The molecule has 1 aliphatic carbocycles. The van der Waals surface area contributed by atoms with Gasteiger partial charge in [-0.1, -0.05) is 49.6 Å². The number of amides is 4. The van der Waals surface area contributed by atoms with E-state index in [0.717, 1.165) is 24.2 Å². The van der Waals surface area contributed by atoms with Crippen molar-refractivity contribution in [2.75, 3.05) is 13.6 Å². The summed E-state index contributed by atoms with van der Waals surface area (Å²) in [5.41, 5.74) is -1.39. The number of carbonyl (C=O) groups excluding carboxylic acids is 3. The Bertz CT molecular complexity index is 795. The maximum absolute atomic E-state index is 12.9. The molecule has 27 heavy (non-hydrogen) atoms. The van der Waals surface area contributed by atoms with Gasteiger partial charge in [-0.2, -0.15) is 5.26 Å². The molecule has 1 saturated carbocycles. The molecule has 2 aliphatic rings. The van der Waals surface area contributed by atoms with Crippen molar-refractivity contribution >= 4 is 17.8 Å². The van der Waals surface area contributed by atoms with Crippen molar-refractivity contribution in [1.29, 1.82) is 5.26 Å². The van der Waals surface area contributed by atoms with Crippen LogP contribution in [0.5, 0.6) is 0 Å². The van der Waals surface area contributed by atoms with E-state index in [1.165, 1.54) is 4.90 Å². The highest BCUT2D eigenvalue weighted by molar-refractivity contribution is 6.09. The first-order chi connectivity index (χ1) is 12.8. The number of nitriles is 1. The molecular weight excluding hydrogens is 344 g/mol. The highest BCUT2D eigenvalue weighted by Crippen LogP contribution is 2.33. The second kappa shape index (κ2) is 7.03. The minimum atomic E-state index is -1.20. The minimum absolute atomic E-state index is 0.368. The first-order valence-corrected chi connectivity index (χ1v) is 9.22. The van der Waals surface area contributed by atoms with Gasteiger partial charge in [0.2, 0.25) is 5.91 Å². The first-order valence-electron chi connectivity index (χ1n) is 9.22. The van der Waals surface area contributed by atoms with Crippen LogP contribution in [0.2, 0.25) is 0 Å². The van der Waals surface area contributed by atoms with Crippen molar-refractivity contribution < 1.29 is 14.4 Å². The van der Waals surface area contributed by atoms with Gasteiger partial charge in [0.25, 0.3) is 5.91 Å². The van der Waals surface area contributed by atoms with Crippen LogP contribution in [0.1, 0.15) is 44.6 Å². The summed E-state index contributed by atoms with van der Waals surface area (Å²) in [5.74, 6) is -0.866. The zero-order chi connectivity index (χ0) is 19.7. The average molecular weight is 368 g/mol. The van der Waals surface area contributed by atoms with Crippen LogP contribution in [-0.2, 0) is 15.1 Å². The van der Waals surface area contributed by atoms with Gasteiger partial charge in [-0.15, -0.1) is 0 Å². The number of nitrogens with one attached hydrogen (secondary N) is 1. The molecule has 1 N–H and O–H groups in total. The lowest BCUT2D eigenvalue weighted by molar-refractivity contribution is -0.141. The van der Waals surface area contributed by atoms with E-state index in [2.05, 4.69) is 11.4 Å². The molecule has 1 aliphatic heterocycles. The number of hydrogen-bond donors (Lipinski definition) is 1. The van der Waals surface area contributed by atoms with Gasteiger partial charge in [0.05, 0.1) is 6.07 Å². The van der Waals surface area contributed by atoms with E-state index in [1.807, 2.05) is 6.07 Å². The number of likely N-dealkylation sites (N-methyl/N-ethyl adjacent to an activating group) is 1. The lowest BCUT2D eigenvalue weighted by Crippen LogP contribution is -2.53. The van der Waals surface area contributed by atoms with Crippen molar-refractivity contribution in [3.05, 3.63) is 35.9 Å². The Balaban J connectivity index is 1.77. The van der Waals surface area contributed by atoms with E-state index < -0.39 is 28.9 Å². The quantitative estimate of drug-likeness (QED) is 0.824. The van der Waals surface area contributed by atoms with Crippen molar-refractivity contribution in [3.8, 4) is 6.07 Å². The summed E-state index contributed by atoms with van der Waals surface area (Å²) in [6.07, 6.45) is 4.07. The molecular formula is C20H24N4O3. The molecule has 1 saturated heterocycles. The zero-order valence-electron chi connectivity index (χ0n) is 15.7. The number of rotatable bonds is 4. The van der Waals surface area contributed by atoms with Crippen molar-refractivity contribution in [2.24, 2.45) is 0 Å². The van der Waals surface area contributed by atoms with Crippen LogP contribution in [-0.4, -0.2) is 46.8 Å². The van der Waals surface area contributed by atoms with Gasteiger partial charge in [0.15, 0.2) is 0 Å². The van der Waals surface area contributed by atoms with Crippen molar-refractivity contribution in [2.45, 2.75) is 50.1 Å². The van der Waals surface area contributed by atoms with Gasteiger partial charge in [0.1, 0.15) is 17.6 Å². The van der Waals surface area contributed by atoms with Crippen molar-refractivity contribution in [1.82, 2.24) is 15.1 Å². The third-order valence-electron chi connectivity index (χ3n) is 5.82. The molecule has 1 atom stereocenters. The fourth-order valence-electron chi connectivity index (χ4n) is 3.95. The molecule has 2 fully saturated rings. The van der Waals surface area contributed by atoms with Gasteiger partial charge in [-0.3, -0.25) is 14.5 Å². The van der Waals surface area contributed by atoms with Gasteiger partial charge in [-0.05, 0) is 25.3 Å². The molecule has 0 radical (unpaired) electrons. The van der Waals surface area contributed by atoms with E-state index in [-0.39, 0.29) is 6.54 Å². The summed E-state index contributed by atoms with van der Waals surface area (Å²) in [6.45, 7) is 1.27. The molecule has 0 spiro atoms. The molecule has 0 aromatic heterocycles. The molecule has 142 valence electrons. The number of hydrogen-bond acceptors (Lipinski definition) is 4. The Morgan fingerprint density at radius 3 is 2.44 bits per heavy atom. The monoisotopic (exact) mass is 368 g/mol. The van der Waals surface area contributed by atoms with Crippen LogP contribution in [0.25, 0.3) is 0 Å². The summed E-state index contributed by atoms with van der Waals surface area (Å²) < 4.78 is 0. The molecule has 7 heteroatoms. The fraction of sp³-hybridized carbons (Fsp3) is 0.500. The average Bonchev–Trinajstić information content (AvgIpc) is 2.92. The lowest BCUT2D eigenvalue weighted by atomic mass is 9.81. The number of carbonyl (C=O) groups is 3. The molecule has 4 amide bonds. The predicted octanol–water partition coefficient (Wildman–Crippen LogP) is 2.14. The van der Waals surface area contributed by atoms with E-state index in [4.69, 9.17) is 0 Å². The van der Waals surface area contributed by atoms with Crippen LogP contribution in [0.15, 0.2) is 30.3 Å². The second-order valence-corrected chi connectivity index (χ2v) is 7.47. The van der Waals surface area contributed by atoms with Crippen LogP contribution < -0.4 is 5.32 Å². The summed E-state index contributed by atoms with van der Waals surface area (Å²) in [6, 6.07) is 10.6. The predicted molar refractivity (Wildman–Crippen MR) is 98.2 cm³/mol. The van der Waals surface area contributed by atoms with Gasteiger partial charge >= 0.3 is 6.03 Å². The van der Waals surface area contributed by atoms with E-state index >= 15 is 0 Å². The maximum atomic E-state index is 12.9. The largest absolute Gasteiger partial charge is 0.325 e. The molecule has 1 aromatic carbocycles. The molecule has 0 unspecified atom stereocenters. The summed E-state index contributed by atoms with van der Waals surface area (Å²) in [5, 5.41) is 12.3. The third-order valence-corrected chi connectivity index (χ3v) is 5.82. The SMILES string of the molecule is CN(C(=O)CN1C(=O)N[C@](C)(c2ccccc2)C1=O)C1(C#N)CCCCC1. The summed E-state index contributed by atoms with van der Waals surface area (Å²) >= 11 is 0. The number of nitrogens with zero attached hydrogens (tertiary/aromatic N) is 3. The first kappa shape index (κ1) is 18.9. The van der Waals surface area contributed by atoms with Gasteiger partial charge < -0.3 is 10.2 Å². The van der Waals surface area contributed by atoms with Gasteiger partial charge in [-0.25, -0.2) is 4.79 Å². The van der Waals surface area contributed by atoms with Crippen LogP contribution >= 0.6 is 0 Å². The molecule has 1 aromatic rings. The standard InChI is InChI=1S/C20H24N4O3/c1-19(15-9-5-3-6-10-15)17(26)24(18(27)22-19)13-16(25)23(2)20(14-21)11-7-4-8-12-20/h3,5-6,9-10H,4,7-8,11-13H2,1-2H3,(H,22,27)/t19-/m1/s1.